The lowest BCUT2D eigenvalue weighted by Crippen LogP contribution is -2.07. The number of nitrogens with one attached hydrogen (secondary N) is 1. The third-order valence-corrected chi connectivity index (χ3v) is 2.45. The van der Waals surface area contributed by atoms with Crippen LogP contribution in [0.1, 0.15) is 31.8 Å². The van der Waals surface area contributed by atoms with Crippen molar-refractivity contribution in [3.8, 4) is 0 Å². The van der Waals surface area contributed by atoms with Crippen LogP contribution in [0.2, 0.25) is 0 Å². The fourth-order valence-electron chi connectivity index (χ4n) is 1.69. The van der Waals surface area contributed by atoms with Gasteiger partial charge in [-0.2, -0.15) is 0 Å². The SMILES string of the molecule is CNc1cc(CC(C)C)nc(CCCOC)n1. The van der Waals surface area contributed by atoms with Crippen LogP contribution >= 0.6 is 0 Å². The molecule has 1 N–H and O–H groups in total. The Balaban J connectivity index is 2.74. The highest BCUT2D eigenvalue weighted by Gasteiger charge is 2.05. The van der Waals surface area contributed by atoms with Crippen LogP contribution in [0.4, 0.5) is 5.82 Å². The van der Waals surface area contributed by atoms with Gasteiger partial charge in [0.25, 0.3) is 0 Å². The molecule has 0 aromatic carbocycles. The van der Waals surface area contributed by atoms with Crippen LogP contribution in [-0.2, 0) is 17.6 Å². The Morgan fingerprint density at radius 2 is 2.12 bits per heavy atom. The summed E-state index contributed by atoms with van der Waals surface area (Å²) in [5.41, 5.74) is 1.12. The second kappa shape index (κ2) is 7.22. The van der Waals surface area contributed by atoms with Gasteiger partial charge in [0, 0.05) is 38.9 Å². The number of anilines is 1. The van der Waals surface area contributed by atoms with Crippen LogP contribution in [0, 0.1) is 5.92 Å². The zero-order valence-electron chi connectivity index (χ0n) is 11.3. The Morgan fingerprint density at radius 1 is 1.35 bits per heavy atom. The van der Waals surface area contributed by atoms with Crippen molar-refractivity contribution in [2.24, 2.45) is 5.92 Å². The molecular formula is C13H23N3O. The van der Waals surface area contributed by atoms with Crippen LogP contribution in [0.15, 0.2) is 6.07 Å². The third kappa shape index (κ3) is 5.13. The fraction of sp³-hybridized carbons (Fsp3) is 0.692. The lowest BCUT2D eigenvalue weighted by Gasteiger charge is -2.09. The molecule has 1 aromatic heterocycles. The summed E-state index contributed by atoms with van der Waals surface area (Å²) in [6.07, 6.45) is 2.83. The summed E-state index contributed by atoms with van der Waals surface area (Å²) < 4.78 is 5.04. The van der Waals surface area contributed by atoms with Gasteiger partial charge in [-0.3, -0.25) is 0 Å². The summed E-state index contributed by atoms with van der Waals surface area (Å²) >= 11 is 0. The second-order valence-corrected chi connectivity index (χ2v) is 4.61. The van der Waals surface area contributed by atoms with E-state index in [0.29, 0.717) is 5.92 Å². The van der Waals surface area contributed by atoms with Crippen LogP contribution in [0.3, 0.4) is 0 Å². The largest absolute Gasteiger partial charge is 0.385 e. The van der Waals surface area contributed by atoms with Gasteiger partial charge in [0.05, 0.1) is 0 Å². The van der Waals surface area contributed by atoms with E-state index in [4.69, 9.17) is 4.74 Å². The van der Waals surface area contributed by atoms with Crippen molar-refractivity contribution >= 4 is 5.82 Å². The summed E-state index contributed by atoms with van der Waals surface area (Å²) in [5.74, 6) is 2.43. The first kappa shape index (κ1) is 13.9. The van der Waals surface area contributed by atoms with Gasteiger partial charge in [-0.25, -0.2) is 9.97 Å². The van der Waals surface area contributed by atoms with Gasteiger partial charge in [0.15, 0.2) is 0 Å². The lowest BCUT2D eigenvalue weighted by molar-refractivity contribution is 0.194. The first-order chi connectivity index (χ1) is 8.15. The van der Waals surface area contributed by atoms with E-state index in [0.717, 1.165) is 43.2 Å². The molecule has 0 aliphatic carbocycles. The molecule has 4 nitrogen and oxygen atoms in total. The van der Waals surface area contributed by atoms with E-state index in [1.54, 1.807) is 7.11 Å². The van der Waals surface area contributed by atoms with E-state index in [9.17, 15) is 0 Å². The van der Waals surface area contributed by atoms with E-state index in [1.165, 1.54) is 0 Å². The van der Waals surface area contributed by atoms with Gasteiger partial charge in [0.1, 0.15) is 11.6 Å². The topological polar surface area (TPSA) is 47.0 Å². The van der Waals surface area contributed by atoms with Crippen molar-refractivity contribution in [2.75, 3.05) is 26.1 Å². The van der Waals surface area contributed by atoms with Gasteiger partial charge in [-0.15, -0.1) is 0 Å². The minimum absolute atomic E-state index is 0.612. The van der Waals surface area contributed by atoms with Gasteiger partial charge < -0.3 is 10.1 Å². The van der Waals surface area contributed by atoms with Gasteiger partial charge in [0.2, 0.25) is 0 Å². The maximum Gasteiger partial charge on any atom is 0.131 e. The minimum atomic E-state index is 0.612. The smallest absolute Gasteiger partial charge is 0.131 e. The highest BCUT2D eigenvalue weighted by Crippen LogP contribution is 2.11. The Bertz CT molecular complexity index is 339. The molecule has 0 aliphatic heterocycles. The Morgan fingerprint density at radius 3 is 2.71 bits per heavy atom. The second-order valence-electron chi connectivity index (χ2n) is 4.61. The molecule has 17 heavy (non-hydrogen) atoms. The standard InChI is InChI=1S/C13H23N3O/c1-10(2)8-11-9-13(14-3)16-12(15-11)6-5-7-17-4/h9-10H,5-8H2,1-4H3,(H,14,15,16). The number of rotatable bonds is 7. The maximum absolute atomic E-state index is 5.04. The molecular weight excluding hydrogens is 214 g/mol. The average Bonchev–Trinajstić information content (AvgIpc) is 2.28. The number of hydrogen-bond donors (Lipinski definition) is 1. The molecule has 0 saturated carbocycles. The number of aryl methyl sites for hydroxylation is 1. The Hall–Kier alpha value is -1.16. The molecule has 1 aromatic rings. The Kier molecular flexibility index (Phi) is 5.91. The van der Waals surface area contributed by atoms with Crippen molar-refractivity contribution in [2.45, 2.75) is 33.1 Å². The fourth-order valence-corrected chi connectivity index (χ4v) is 1.69. The Labute approximate surface area is 104 Å². The molecule has 0 saturated heterocycles. The summed E-state index contributed by atoms with van der Waals surface area (Å²) in [5, 5.41) is 3.09. The predicted octanol–water partition coefficient (Wildman–Crippen LogP) is 2.30. The van der Waals surface area contributed by atoms with Crippen molar-refractivity contribution in [3.63, 3.8) is 0 Å². The molecule has 1 heterocycles. The first-order valence-corrected chi connectivity index (χ1v) is 6.19. The molecule has 0 unspecified atom stereocenters. The molecule has 1 rings (SSSR count). The zero-order chi connectivity index (χ0) is 12.7. The predicted molar refractivity (Wildman–Crippen MR) is 70.3 cm³/mol. The minimum Gasteiger partial charge on any atom is -0.385 e. The molecule has 4 heteroatoms. The van der Waals surface area contributed by atoms with Crippen LogP contribution in [-0.4, -0.2) is 30.7 Å². The molecule has 0 spiro atoms. The van der Waals surface area contributed by atoms with E-state index in [2.05, 4.69) is 29.1 Å². The third-order valence-electron chi connectivity index (χ3n) is 2.45. The monoisotopic (exact) mass is 237 g/mol. The number of methoxy groups -OCH3 is 1. The van der Waals surface area contributed by atoms with E-state index >= 15 is 0 Å². The van der Waals surface area contributed by atoms with E-state index in [-0.39, 0.29) is 0 Å². The van der Waals surface area contributed by atoms with E-state index in [1.807, 2.05) is 13.1 Å². The van der Waals surface area contributed by atoms with Crippen molar-refractivity contribution in [1.29, 1.82) is 0 Å². The van der Waals surface area contributed by atoms with Crippen LogP contribution < -0.4 is 5.32 Å². The lowest BCUT2D eigenvalue weighted by atomic mass is 10.1. The van der Waals surface area contributed by atoms with Crippen LogP contribution in [0.5, 0.6) is 0 Å². The number of hydrogen-bond acceptors (Lipinski definition) is 4. The summed E-state index contributed by atoms with van der Waals surface area (Å²) in [6.45, 7) is 5.16. The van der Waals surface area contributed by atoms with Crippen LogP contribution in [0.25, 0.3) is 0 Å². The quantitative estimate of drug-likeness (QED) is 0.739. The van der Waals surface area contributed by atoms with Crippen molar-refractivity contribution in [3.05, 3.63) is 17.6 Å². The zero-order valence-corrected chi connectivity index (χ0v) is 11.3. The highest BCUT2D eigenvalue weighted by atomic mass is 16.5. The highest BCUT2D eigenvalue weighted by molar-refractivity contribution is 5.35. The number of aromatic nitrogens is 2. The number of nitrogens with zero attached hydrogens (tertiary/aromatic N) is 2. The summed E-state index contributed by atoms with van der Waals surface area (Å²) in [6, 6.07) is 2.03. The average molecular weight is 237 g/mol. The molecule has 0 atom stereocenters. The molecule has 0 bridgehead atoms. The van der Waals surface area contributed by atoms with Gasteiger partial charge in [-0.05, 0) is 18.8 Å². The van der Waals surface area contributed by atoms with Crippen molar-refractivity contribution < 1.29 is 4.74 Å². The molecule has 96 valence electrons. The molecule has 0 aliphatic rings. The van der Waals surface area contributed by atoms with E-state index < -0.39 is 0 Å². The first-order valence-electron chi connectivity index (χ1n) is 6.19. The van der Waals surface area contributed by atoms with Gasteiger partial charge >= 0.3 is 0 Å². The summed E-state index contributed by atoms with van der Waals surface area (Å²) in [4.78, 5) is 9.04. The maximum atomic E-state index is 5.04. The normalized spacial score (nSPS) is 10.9. The van der Waals surface area contributed by atoms with Crippen molar-refractivity contribution in [1.82, 2.24) is 9.97 Å². The molecule has 0 radical (unpaired) electrons. The van der Waals surface area contributed by atoms with Gasteiger partial charge in [-0.1, -0.05) is 13.8 Å². The molecule has 0 amide bonds. The number of ether oxygens (including phenoxy) is 1. The molecule has 0 fully saturated rings. The summed E-state index contributed by atoms with van der Waals surface area (Å²) in [7, 11) is 3.61.